The van der Waals surface area contributed by atoms with Crippen LogP contribution in [0.5, 0.6) is 0 Å². The summed E-state index contributed by atoms with van der Waals surface area (Å²) >= 11 is 0. The largest absolute Gasteiger partial charge is 0.480 e. The first kappa shape index (κ1) is 9.17. The van der Waals surface area contributed by atoms with Gasteiger partial charge in [0.05, 0.1) is 0 Å². The molecule has 10 heavy (non-hydrogen) atoms. The molecule has 0 spiro atoms. The molecule has 1 atom stereocenters. The second-order valence-corrected chi connectivity index (χ2v) is 1.99. The van der Waals surface area contributed by atoms with E-state index >= 15 is 0 Å². The predicted octanol–water partition coefficient (Wildman–Crippen LogP) is 0.625. The first-order chi connectivity index (χ1) is 4.80. The lowest BCUT2D eigenvalue weighted by atomic mass is 10.2. The molecule has 2 N–H and O–H groups in total. The molecule has 0 amide bonds. The summed E-state index contributed by atoms with van der Waals surface area (Å²) in [6.07, 6.45) is 1.78. The summed E-state index contributed by atoms with van der Waals surface area (Å²) in [5.74, 6) is -0.720. The Labute approximate surface area is 60.7 Å². The van der Waals surface area contributed by atoms with Crippen LogP contribution in [0.1, 0.15) is 12.8 Å². The number of hydrogen-bond donors (Lipinski definition) is 2. The molecule has 0 unspecified atom stereocenters. The SMILES string of the molecule is C=C.O=C(O)[C@@H]1CCCN1. The van der Waals surface area contributed by atoms with Crippen molar-refractivity contribution in [2.75, 3.05) is 6.54 Å². The molecule has 0 bridgehead atoms. The van der Waals surface area contributed by atoms with E-state index in [-0.39, 0.29) is 6.04 Å². The van der Waals surface area contributed by atoms with Gasteiger partial charge in [0.2, 0.25) is 0 Å². The fourth-order valence-electron chi connectivity index (χ4n) is 0.895. The minimum absolute atomic E-state index is 0.269. The van der Waals surface area contributed by atoms with Gasteiger partial charge >= 0.3 is 5.97 Å². The van der Waals surface area contributed by atoms with Crippen molar-refractivity contribution in [1.29, 1.82) is 0 Å². The maximum absolute atomic E-state index is 10.1. The van der Waals surface area contributed by atoms with E-state index in [0.29, 0.717) is 0 Å². The van der Waals surface area contributed by atoms with Crippen LogP contribution in [0, 0.1) is 0 Å². The van der Waals surface area contributed by atoms with Crippen molar-refractivity contribution in [3.63, 3.8) is 0 Å². The average molecular weight is 143 g/mol. The van der Waals surface area contributed by atoms with Crippen LogP contribution in [-0.4, -0.2) is 23.7 Å². The molecule has 1 heterocycles. The Kier molecular flexibility index (Phi) is 4.58. The van der Waals surface area contributed by atoms with Gasteiger partial charge in [-0.2, -0.15) is 0 Å². The Morgan fingerprint density at radius 3 is 2.40 bits per heavy atom. The number of hydrogen-bond acceptors (Lipinski definition) is 2. The van der Waals surface area contributed by atoms with Gasteiger partial charge in [0.1, 0.15) is 6.04 Å². The Morgan fingerprint density at radius 1 is 1.60 bits per heavy atom. The van der Waals surface area contributed by atoms with Gasteiger partial charge in [0.25, 0.3) is 0 Å². The molecule has 1 saturated heterocycles. The van der Waals surface area contributed by atoms with Crippen molar-refractivity contribution < 1.29 is 9.90 Å². The van der Waals surface area contributed by atoms with Crippen LogP contribution in [0.3, 0.4) is 0 Å². The maximum atomic E-state index is 10.1. The summed E-state index contributed by atoms with van der Waals surface area (Å²) in [6.45, 7) is 6.86. The molecule has 0 aromatic heterocycles. The molecule has 3 nitrogen and oxygen atoms in total. The highest BCUT2D eigenvalue weighted by Gasteiger charge is 2.20. The van der Waals surface area contributed by atoms with Crippen LogP contribution in [0.4, 0.5) is 0 Å². The number of carboxylic acids is 1. The standard InChI is InChI=1S/C5H9NO2.C2H4/c7-5(8)4-2-1-3-6-4;1-2/h4,6H,1-3H2,(H,7,8);1-2H2/t4-;/m0./s1. The third kappa shape index (κ3) is 2.64. The van der Waals surface area contributed by atoms with E-state index in [4.69, 9.17) is 5.11 Å². The lowest BCUT2D eigenvalue weighted by molar-refractivity contribution is -0.139. The Balaban J connectivity index is 0.000000371. The van der Waals surface area contributed by atoms with E-state index in [1.54, 1.807) is 0 Å². The van der Waals surface area contributed by atoms with Crippen LogP contribution in [0.25, 0.3) is 0 Å². The van der Waals surface area contributed by atoms with E-state index in [9.17, 15) is 4.79 Å². The van der Waals surface area contributed by atoms with Gasteiger partial charge in [0, 0.05) is 0 Å². The van der Waals surface area contributed by atoms with Crippen molar-refractivity contribution in [2.24, 2.45) is 0 Å². The number of carboxylic acid groups (broad SMARTS) is 1. The topological polar surface area (TPSA) is 49.3 Å². The zero-order valence-corrected chi connectivity index (χ0v) is 5.97. The first-order valence-corrected chi connectivity index (χ1v) is 3.27. The highest BCUT2D eigenvalue weighted by Crippen LogP contribution is 2.03. The van der Waals surface area contributed by atoms with Gasteiger partial charge < -0.3 is 10.4 Å². The fraction of sp³-hybridized carbons (Fsp3) is 0.571. The van der Waals surface area contributed by atoms with Crippen LogP contribution >= 0.6 is 0 Å². The number of rotatable bonds is 1. The normalized spacial score (nSPS) is 23.0. The average Bonchev–Trinajstić information content (AvgIpc) is 2.42. The van der Waals surface area contributed by atoms with Gasteiger partial charge in [-0.15, -0.1) is 13.2 Å². The Hall–Kier alpha value is -0.830. The minimum Gasteiger partial charge on any atom is -0.480 e. The Morgan fingerprint density at radius 2 is 2.20 bits per heavy atom. The van der Waals surface area contributed by atoms with Gasteiger partial charge in [0.15, 0.2) is 0 Å². The van der Waals surface area contributed by atoms with E-state index in [0.717, 1.165) is 19.4 Å². The smallest absolute Gasteiger partial charge is 0.320 e. The zero-order chi connectivity index (χ0) is 7.98. The molecule has 1 rings (SSSR count). The molecule has 0 saturated carbocycles. The maximum Gasteiger partial charge on any atom is 0.320 e. The zero-order valence-electron chi connectivity index (χ0n) is 5.97. The van der Waals surface area contributed by atoms with Gasteiger partial charge in [-0.1, -0.05) is 0 Å². The molecule has 0 aromatic rings. The quantitative estimate of drug-likeness (QED) is 0.529. The summed E-state index contributed by atoms with van der Waals surface area (Å²) in [4.78, 5) is 10.1. The second-order valence-electron chi connectivity index (χ2n) is 1.99. The molecular weight excluding hydrogens is 130 g/mol. The van der Waals surface area contributed by atoms with Gasteiger partial charge in [-0.3, -0.25) is 4.79 Å². The van der Waals surface area contributed by atoms with E-state index in [1.807, 2.05) is 0 Å². The highest BCUT2D eigenvalue weighted by atomic mass is 16.4. The third-order valence-corrected chi connectivity index (χ3v) is 1.36. The molecule has 3 heteroatoms. The second kappa shape index (κ2) is 4.99. The Bertz CT molecular complexity index is 108. The predicted molar refractivity (Wildman–Crippen MR) is 39.9 cm³/mol. The first-order valence-electron chi connectivity index (χ1n) is 3.27. The van der Waals surface area contributed by atoms with E-state index in [2.05, 4.69) is 18.5 Å². The van der Waals surface area contributed by atoms with Crippen LogP contribution < -0.4 is 5.32 Å². The summed E-state index contributed by atoms with van der Waals surface area (Å²) in [5, 5.41) is 11.2. The van der Waals surface area contributed by atoms with Crippen molar-refractivity contribution in [1.82, 2.24) is 5.32 Å². The van der Waals surface area contributed by atoms with Crippen molar-refractivity contribution in [3.8, 4) is 0 Å². The summed E-state index contributed by atoms with van der Waals surface area (Å²) in [5.41, 5.74) is 0. The molecule has 1 aliphatic heterocycles. The molecule has 0 aromatic carbocycles. The summed E-state index contributed by atoms with van der Waals surface area (Å²) in [6, 6.07) is -0.269. The fourth-order valence-corrected chi connectivity index (χ4v) is 0.895. The number of carbonyl (C=O) groups is 1. The van der Waals surface area contributed by atoms with Crippen LogP contribution in [-0.2, 0) is 4.79 Å². The summed E-state index contributed by atoms with van der Waals surface area (Å²) < 4.78 is 0. The molecule has 0 radical (unpaired) electrons. The highest BCUT2D eigenvalue weighted by molar-refractivity contribution is 5.73. The number of nitrogens with one attached hydrogen (secondary N) is 1. The minimum atomic E-state index is -0.720. The van der Waals surface area contributed by atoms with Crippen LogP contribution in [0.2, 0.25) is 0 Å². The monoisotopic (exact) mass is 143 g/mol. The molecule has 1 aliphatic rings. The lowest BCUT2D eigenvalue weighted by Crippen LogP contribution is -2.29. The van der Waals surface area contributed by atoms with Gasteiger partial charge in [-0.05, 0) is 19.4 Å². The van der Waals surface area contributed by atoms with Crippen molar-refractivity contribution >= 4 is 5.97 Å². The van der Waals surface area contributed by atoms with E-state index < -0.39 is 5.97 Å². The van der Waals surface area contributed by atoms with Crippen molar-refractivity contribution in [2.45, 2.75) is 18.9 Å². The molecule has 58 valence electrons. The molecule has 0 aliphatic carbocycles. The van der Waals surface area contributed by atoms with Crippen LogP contribution in [0.15, 0.2) is 13.2 Å². The van der Waals surface area contributed by atoms with Gasteiger partial charge in [-0.25, -0.2) is 0 Å². The number of aliphatic carboxylic acids is 1. The van der Waals surface area contributed by atoms with E-state index in [1.165, 1.54) is 0 Å². The third-order valence-electron chi connectivity index (χ3n) is 1.36. The lowest BCUT2D eigenvalue weighted by Gasteiger charge is -1.99. The van der Waals surface area contributed by atoms with Crippen molar-refractivity contribution in [3.05, 3.63) is 13.2 Å². The molecular formula is C7H13NO2. The molecule has 1 fully saturated rings. The summed E-state index contributed by atoms with van der Waals surface area (Å²) in [7, 11) is 0.